The van der Waals surface area contributed by atoms with Crippen LogP contribution in [-0.2, 0) is 0 Å². The quantitative estimate of drug-likeness (QED) is 0.801. The Balaban J connectivity index is 1.93. The standard InChI is InChI=1S/C17H26FN/c1-3-16(14-7-9-15(18)10-8-14)19-13-17(2)11-5-4-6-12-17/h7-10,16,19H,3-6,11-13H2,1-2H3. The van der Waals surface area contributed by atoms with Gasteiger partial charge in [-0.25, -0.2) is 4.39 Å². The third kappa shape index (κ3) is 4.04. The molecule has 1 atom stereocenters. The van der Waals surface area contributed by atoms with Crippen molar-refractivity contribution < 1.29 is 4.39 Å². The van der Waals surface area contributed by atoms with Crippen molar-refractivity contribution in [1.82, 2.24) is 5.32 Å². The van der Waals surface area contributed by atoms with Crippen LogP contribution in [0.2, 0.25) is 0 Å². The maximum Gasteiger partial charge on any atom is 0.123 e. The number of benzene rings is 1. The Kier molecular flexibility index (Phi) is 4.98. The molecule has 1 aromatic carbocycles. The SMILES string of the molecule is CCC(NCC1(C)CCCCC1)c1ccc(F)cc1. The smallest absolute Gasteiger partial charge is 0.123 e. The first kappa shape index (κ1) is 14.5. The first-order valence-electron chi connectivity index (χ1n) is 7.62. The molecule has 0 bridgehead atoms. The molecule has 0 aromatic heterocycles. The molecule has 1 aliphatic rings. The fourth-order valence-electron chi connectivity index (χ4n) is 3.14. The van der Waals surface area contributed by atoms with Gasteiger partial charge in [-0.05, 0) is 42.4 Å². The van der Waals surface area contributed by atoms with Gasteiger partial charge in [0.2, 0.25) is 0 Å². The summed E-state index contributed by atoms with van der Waals surface area (Å²) in [4.78, 5) is 0. The lowest BCUT2D eigenvalue weighted by atomic mass is 9.75. The van der Waals surface area contributed by atoms with E-state index < -0.39 is 0 Å². The summed E-state index contributed by atoms with van der Waals surface area (Å²) in [7, 11) is 0. The predicted molar refractivity (Wildman–Crippen MR) is 78.6 cm³/mol. The molecular formula is C17H26FN. The third-order valence-electron chi connectivity index (χ3n) is 4.52. The molecule has 0 heterocycles. The van der Waals surface area contributed by atoms with Crippen molar-refractivity contribution in [2.45, 2.75) is 58.4 Å². The monoisotopic (exact) mass is 263 g/mol. The van der Waals surface area contributed by atoms with Gasteiger partial charge in [-0.3, -0.25) is 0 Å². The summed E-state index contributed by atoms with van der Waals surface area (Å²) in [5.41, 5.74) is 1.65. The molecule has 1 N–H and O–H groups in total. The van der Waals surface area contributed by atoms with Crippen molar-refractivity contribution in [2.75, 3.05) is 6.54 Å². The molecule has 0 aliphatic heterocycles. The maximum absolute atomic E-state index is 13.0. The molecule has 1 fully saturated rings. The highest BCUT2D eigenvalue weighted by atomic mass is 19.1. The molecule has 1 aromatic rings. The Morgan fingerprint density at radius 2 is 1.79 bits per heavy atom. The van der Waals surface area contributed by atoms with Crippen LogP contribution in [0.4, 0.5) is 4.39 Å². The van der Waals surface area contributed by atoms with Crippen molar-refractivity contribution in [2.24, 2.45) is 5.41 Å². The van der Waals surface area contributed by atoms with E-state index in [2.05, 4.69) is 19.2 Å². The first-order chi connectivity index (χ1) is 9.13. The van der Waals surface area contributed by atoms with Crippen LogP contribution in [0.3, 0.4) is 0 Å². The van der Waals surface area contributed by atoms with Crippen LogP contribution in [0.5, 0.6) is 0 Å². The molecule has 2 rings (SSSR count). The zero-order valence-electron chi connectivity index (χ0n) is 12.2. The predicted octanol–water partition coefficient (Wildman–Crippen LogP) is 4.84. The molecule has 2 heteroatoms. The van der Waals surface area contributed by atoms with E-state index >= 15 is 0 Å². The van der Waals surface area contributed by atoms with E-state index in [0.29, 0.717) is 11.5 Å². The van der Waals surface area contributed by atoms with E-state index in [1.54, 1.807) is 12.1 Å². The van der Waals surface area contributed by atoms with E-state index in [9.17, 15) is 4.39 Å². The molecule has 0 amide bonds. The van der Waals surface area contributed by atoms with Crippen LogP contribution in [0.1, 0.15) is 64.0 Å². The van der Waals surface area contributed by atoms with Gasteiger partial charge in [0, 0.05) is 12.6 Å². The second-order valence-corrected chi connectivity index (χ2v) is 6.26. The lowest BCUT2D eigenvalue weighted by Crippen LogP contribution is -2.35. The highest BCUT2D eigenvalue weighted by molar-refractivity contribution is 5.19. The van der Waals surface area contributed by atoms with E-state index in [0.717, 1.165) is 13.0 Å². The van der Waals surface area contributed by atoms with Crippen molar-refractivity contribution in [3.8, 4) is 0 Å². The van der Waals surface area contributed by atoms with E-state index in [-0.39, 0.29) is 5.82 Å². The minimum Gasteiger partial charge on any atom is -0.309 e. The number of hydrogen-bond donors (Lipinski definition) is 1. The molecule has 1 saturated carbocycles. The summed E-state index contributed by atoms with van der Waals surface area (Å²) in [5.74, 6) is -0.155. The van der Waals surface area contributed by atoms with E-state index in [1.165, 1.54) is 37.7 Å². The number of hydrogen-bond acceptors (Lipinski definition) is 1. The number of nitrogens with one attached hydrogen (secondary N) is 1. The van der Waals surface area contributed by atoms with E-state index in [1.807, 2.05) is 12.1 Å². The highest BCUT2D eigenvalue weighted by Crippen LogP contribution is 2.35. The van der Waals surface area contributed by atoms with Gasteiger partial charge in [0.05, 0.1) is 0 Å². The van der Waals surface area contributed by atoms with Gasteiger partial charge in [-0.15, -0.1) is 0 Å². The van der Waals surface area contributed by atoms with Gasteiger partial charge < -0.3 is 5.32 Å². The second kappa shape index (κ2) is 6.51. The van der Waals surface area contributed by atoms with Crippen molar-refractivity contribution >= 4 is 0 Å². The van der Waals surface area contributed by atoms with Gasteiger partial charge in [0.15, 0.2) is 0 Å². The molecular weight excluding hydrogens is 237 g/mol. The van der Waals surface area contributed by atoms with Gasteiger partial charge in [0.25, 0.3) is 0 Å². The fourth-order valence-corrected chi connectivity index (χ4v) is 3.14. The van der Waals surface area contributed by atoms with Crippen molar-refractivity contribution in [3.05, 3.63) is 35.6 Å². The Morgan fingerprint density at radius 3 is 2.37 bits per heavy atom. The molecule has 0 saturated heterocycles. The fraction of sp³-hybridized carbons (Fsp3) is 0.647. The van der Waals surface area contributed by atoms with Crippen molar-refractivity contribution in [1.29, 1.82) is 0 Å². The molecule has 1 aliphatic carbocycles. The first-order valence-corrected chi connectivity index (χ1v) is 7.62. The summed E-state index contributed by atoms with van der Waals surface area (Å²) in [6.45, 7) is 5.66. The Labute approximate surface area is 116 Å². The van der Waals surface area contributed by atoms with Crippen molar-refractivity contribution in [3.63, 3.8) is 0 Å². The summed E-state index contributed by atoms with van der Waals surface area (Å²) in [6, 6.07) is 7.27. The zero-order valence-corrected chi connectivity index (χ0v) is 12.2. The molecule has 1 nitrogen and oxygen atoms in total. The summed E-state index contributed by atoms with van der Waals surface area (Å²) in [5, 5.41) is 3.69. The molecule has 106 valence electrons. The minimum atomic E-state index is -0.155. The Morgan fingerprint density at radius 1 is 1.16 bits per heavy atom. The van der Waals surface area contributed by atoms with Crippen LogP contribution in [0, 0.1) is 11.2 Å². The van der Waals surface area contributed by atoms with Crippen LogP contribution < -0.4 is 5.32 Å². The minimum absolute atomic E-state index is 0.155. The maximum atomic E-state index is 13.0. The van der Waals surface area contributed by atoms with Crippen LogP contribution >= 0.6 is 0 Å². The highest BCUT2D eigenvalue weighted by Gasteiger charge is 2.27. The van der Waals surface area contributed by atoms with Gasteiger partial charge in [0.1, 0.15) is 5.82 Å². The summed E-state index contributed by atoms with van der Waals surface area (Å²) >= 11 is 0. The zero-order chi connectivity index (χ0) is 13.7. The molecule has 0 spiro atoms. The summed E-state index contributed by atoms with van der Waals surface area (Å²) < 4.78 is 13.0. The normalized spacial score (nSPS) is 20.2. The van der Waals surface area contributed by atoms with Crippen LogP contribution in [0.15, 0.2) is 24.3 Å². The third-order valence-corrected chi connectivity index (χ3v) is 4.52. The Bertz CT molecular complexity index is 379. The average molecular weight is 263 g/mol. The lowest BCUT2D eigenvalue weighted by molar-refractivity contribution is 0.199. The summed E-state index contributed by atoms with van der Waals surface area (Å²) in [6.07, 6.45) is 7.84. The molecule has 0 radical (unpaired) electrons. The van der Waals surface area contributed by atoms with Crippen LogP contribution in [-0.4, -0.2) is 6.54 Å². The molecule has 1 unspecified atom stereocenters. The molecule has 19 heavy (non-hydrogen) atoms. The topological polar surface area (TPSA) is 12.0 Å². The lowest BCUT2D eigenvalue weighted by Gasteiger charge is -2.35. The van der Waals surface area contributed by atoms with E-state index in [4.69, 9.17) is 0 Å². The van der Waals surface area contributed by atoms with Gasteiger partial charge >= 0.3 is 0 Å². The number of rotatable bonds is 5. The average Bonchev–Trinajstić information content (AvgIpc) is 2.42. The largest absolute Gasteiger partial charge is 0.309 e. The number of halogens is 1. The van der Waals surface area contributed by atoms with Crippen LogP contribution in [0.25, 0.3) is 0 Å². The Hall–Kier alpha value is -0.890. The second-order valence-electron chi connectivity index (χ2n) is 6.26. The van der Waals surface area contributed by atoms with Gasteiger partial charge in [-0.2, -0.15) is 0 Å². The van der Waals surface area contributed by atoms with Gasteiger partial charge in [-0.1, -0.05) is 45.2 Å².